The minimum absolute atomic E-state index is 1.04. The number of hydrogen-bond donors (Lipinski definition) is 0. The molecule has 0 N–H and O–H groups in total. The molecule has 0 spiro atoms. The minimum atomic E-state index is 1.04. The predicted octanol–water partition coefficient (Wildman–Crippen LogP) is 4.19. The smallest absolute Gasteiger partial charge is 0.213 e. The van der Waals surface area contributed by atoms with E-state index in [1.165, 1.54) is 33.0 Å². The Morgan fingerprint density at radius 2 is 1.64 bits per heavy atom. The second-order valence-corrected chi connectivity index (χ2v) is 5.69. The third kappa shape index (κ3) is 1.88. The van der Waals surface area contributed by atoms with E-state index >= 15 is 0 Å². The first kappa shape index (κ1) is 13.0. The molecule has 0 fully saturated rings. The first-order valence-corrected chi connectivity index (χ1v) is 7.48. The lowest BCUT2D eigenvalue weighted by Crippen LogP contribution is -2.30. The van der Waals surface area contributed by atoms with Crippen molar-refractivity contribution >= 4 is 21.7 Å². The molecule has 2 aromatic carbocycles. The number of pyridine rings is 2. The molecule has 0 saturated carbocycles. The highest BCUT2D eigenvalue weighted by atomic mass is 14.9. The fraction of sp³-hybridized carbons (Fsp3) is 0.100. The zero-order valence-electron chi connectivity index (χ0n) is 12.7. The Labute approximate surface area is 129 Å². The monoisotopic (exact) mass is 285 g/mol. The van der Waals surface area contributed by atoms with Gasteiger partial charge in [-0.2, -0.15) is 0 Å². The zero-order chi connectivity index (χ0) is 15.1. The van der Waals surface area contributed by atoms with Crippen molar-refractivity contribution in [2.45, 2.75) is 6.92 Å². The van der Waals surface area contributed by atoms with Crippen molar-refractivity contribution in [2.24, 2.45) is 7.05 Å². The summed E-state index contributed by atoms with van der Waals surface area (Å²) in [4.78, 5) is 4.66. The van der Waals surface area contributed by atoms with Crippen molar-refractivity contribution in [3.8, 4) is 11.3 Å². The van der Waals surface area contributed by atoms with Crippen LogP contribution in [0.4, 0.5) is 0 Å². The van der Waals surface area contributed by atoms with Crippen molar-refractivity contribution in [1.29, 1.82) is 0 Å². The highest BCUT2D eigenvalue weighted by Crippen LogP contribution is 2.33. The number of hydrogen-bond acceptors (Lipinski definition) is 1. The molecule has 0 radical (unpaired) electrons. The van der Waals surface area contributed by atoms with Gasteiger partial charge in [0, 0.05) is 29.1 Å². The van der Waals surface area contributed by atoms with E-state index in [0.29, 0.717) is 0 Å². The lowest BCUT2D eigenvalue weighted by molar-refractivity contribution is -0.660. The van der Waals surface area contributed by atoms with Gasteiger partial charge >= 0.3 is 0 Å². The van der Waals surface area contributed by atoms with Gasteiger partial charge in [0.05, 0.1) is 11.1 Å². The van der Waals surface area contributed by atoms with Crippen LogP contribution in [-0.2, 0) is 7.05 Å². The van der Waals surface area contributed by atoms with Crippen molar-refractivity contribution in [3.05, 3.63) is 72.6 Å². The third-order valence-corrected chi connectivity index (χ3v) is 4.29. The van der Waals surface area contributed by atoms with E-state index in [4.69, 9.17) is 0 Å². The van der Waals surface area contributed by atoms with Gasteiger partial charge in [-0.05, 0) is 30.0 Å². The molecular formula is C20H17N2+. The van der Waals surface area contributed by atoms with Crippen LogP contribution in [0.2, 0.25) is 0 Å². The van der Waals surface area contributed by atoms with Crippen molar-refractivity contribution in [3.63, 3.8) is 0 Å². The fourth-order valence-electron chi connectivity index (χ4n) is 3.17. The lowest BCUT2D eigenvalue weighted by atomic mass is 9.96. The van der Waals surface area contributed by atoms with Crippen LogP contribution in [0.5, 0.6) is 0 Å². The highest BCUT2D eigenvalue weighted by Gasteiger charge is 2.16. The van der Waals surface area contributed by atoms with Crippen molar-refractivity contribution in [2.75, 3.05) is 0 Å². The molecule has 2 heteroatoms. The van der Waals surface area contributed by atoms with Crippen LogP contribution in [0.15, 0.2) is 67.0 Å². The summed E-state index contributed by atoms with van der Waals surface area (Å²) in [5.74, 6) is 0. The van der Waals surface area contributed by atoms with Gasteiger partial charge in [-0.1, -0.05) is 30.3 Å². The molecule has 0 aliphatic carbocycles. The number of fused-ring (bicyclic) bond motifs is 3. The van der Waals surface area contributed by atoms with E-state index in [2.05, 4.69) is 78.3 Å². The van der Waals surface area contributed by atoms with Gasteiger partial charge in [-0.3, -0.25) is 4.98 Å². The Morgan fingerprint density at radius 3 is 2.50 bits per heavy atom. The van der Waals surface area contributed by atoms with Crippen LogP contribution in [0.3, 0.4) is 0 Å². The second-order valence-electron chi connectivity index (χ2n) is 5.69. The van der Waals surface area contributed by atoms with E-state index in [1.54, 1.807) is 0 Å². The molecule has 4 aromatic rings. The number of benzene rings is 2. The van der Waals surface area contributed by atoms with Crippen LogP contribution < -0.4 is 4.57 Å². The molecule has 0 aliphatic heterocycles. The molecular weight excluding hydrogens is 268 g/mol. The minimum Gasteiger partial charge on any atom is -0.256 e. The Balaban J connectivity index is 2.17. The molecule has 4 rings (SSSR count). The molecule has 0 saturated heterocycles. The van der Waals surface area contributed by atoms with Crippen molar-refractivity contribution in [1.82, 2.24) is 4.98 Å². The van der Waals surface area contributed by atoms with Gasteiger partial charge in [0.2, 0.25) is 5.69 Å². The molecule has 2 nitrogen and oxygen atoms in total. The molecule has 106 valence electrons. The summed E-state index contributed by atoms with van der Waals surface area (Å²) in [6, 6.07) is 19.0. The van der Waals surface area contributed by atoms with E-state index in [-0.39, 0.29) is 0 Å². The normalized spacial score (nSPS) is 11.2. The topological polar surface area (TPSA) is 16.8 Å². The van der Waals surface area contributed by atoms with Crippen LogP contribution in [0.25, 0.3) is 32.9 Å². The maximum atomic E-state index is 4.66. The average molecular weight is 285 g/mol. The van der Waals surface area contributed by atoms with Gasteiger partial charge < -0.3 is 0 Å². The largest absolute Gasteiger partial charge is 0.256 e. The summed E-state index contributed by atoms with van der Waals surface area (Å²) in [5, 5.41) is 3.68. The molecule has 0 atom stereocenters. The predicted molar refractivity (Wildman–Crippen MR) is 90.6 cm³/mol. The van der Waals surface area contributed by atoms with Gasteiger partial charge in [-0.15, -0.1) is 0 Å². The molecule has 0 amide bonds. The quantitative estimate of drug-likeness (QED) is 0.378. The molecule has 2 aromatic heterocycles. The summed E-state index contributed by atoms with van der Waals surface area (Å²) in [7, 11) is 2.09. The Hall–Kier alpha value is -2.74. The number of aromatic nitrogens is 2. The maximum Gasteiger partial charge on any atom is 0.213 e. The summed E-state index contributed by atoms with van der Waals surface area (Å²) in [5.41, 5.74) is 4.79. The van der Waals surface area contributed by atoms with Crippen LogP contribution >= 0.6 is 0 Å². The first-order valence-electron chi connectivity index (χ1n) is 7.48. The van der Waals surface area contributed by atoms with Crippen LogP contribution in [-0.4, -0.2) is 4.98 Å². The lowest BCUT2D eigenvalue weighted by Gasteiger charge is -2.10. The van der Waals surface area contributed by atoms with Gasteiger partial charge in [0.1, 0.15) is 7.05 Å². The number of aryl methyl sites for hydroxylation is 2. The molecule has 0 unspecified atom stereocenters. The van der Waals surface area contributed by atoms with Crippen LogP contribution in [0, 0.1) is 6.92 Å². The fourth-order valence-corrected chi connectivity index (χ4v) is 3.17. The SMILES string of the molecule is Cc1ccc2c(cnc3ccccc32)c1-c1cccc[n+]1C. The Bertz CT molecular complexity index is 1000. The summed E-state index contributed by atoms with van der Waals surface area (Å²) < 4.78 is 2.16. The van der Waals surface area contributed by atoms with E-state index in [1.807, 2.05) is 12.3 Å². The third-order valence-electron chi connectivity index (χ3n) is 4.29. The van der Waals surface area contributed by atoms with Gasteiger partial charge in [0.25, 0.3) is 0 Å². The Morgan fingerprint density at radius 1 is 0.818 bits per heavy atom. The highest BCUT2D eigenvalue weighted by molar-refractivity contribution is 6.10. The standard InChI is InChI=1S/C20H17N2/c1-14-10-11-15-16-7-3-4-8-18(16)21-13-17(15)20(14)19-9-5-6-12-22(19)2/h3-13H,1-2H3/q+1. The summed E-state index contributed by atoms with van der Waals surface area (Å²) in [6.45, 7) is 2.16. The molecule has 22 heavy (non-hydrogen) atoms. The molecule has 0 bridgehead atoms. The average Bonchev–Trinajstić information content (AvgIpc) is 2.55. The molecule has 2 heterocycles. The first-order chi connectivity index (χ1) is 10.8. The van der Waals surface area contributed by atoms with E-state index in [0.717, 1.165) is 5.52 Å². The number of para-hydroxylation sites is 1. The van der Waals surface area contributed by atoms with Gasteiger partial charge in [0.15, 0.2) is 6.20 Å². The Kier molecular flexibility index (Phi) is 2.90. The zero-order valence-corrected chi connectivity index (χ0v) is 12.7. The van der Waals surface area contributed by atoms with Crippen molar-refractivity contribution < 1.29 is 4.57 Å². The second kappa shape index (κ2) is 4.92. The van der Waals surface area contributed by atoms with Crippen LogP contribution in [0.1, 0.15) is 5.56 Å². The van der Waals surface area contributed by atoms with Gasteiger partial charge in [-0.25, -0.2) is 4.57 Å². The van der Waals surface area contributed by atoms with E-state index in [9.17, 15) is 0 Å². The summed E-state index contributed by atoms with van der Waals surface area (Å²) in [6.07, 6.45) is 4.09. The summed E-state index contributed by atoms with van der Waals surface area (Å²) >= 11 is 0. The molecule has 0 aliphatic rings. The maximum absolute atomic E-state index is 4.66. The van der Waals surface area contributed by atoms with E-state index < -0.39 is 0 Å². The number of nitrogens with zero attached hydrogens (tertiary/aromatic N) is 2. The number of rotatable bonds is 1.